The number of ketones is 1. The Hall–Kier alpha value is -0.840. The van der Waals surface area contributed by atoms with Gasteiger partial charge in [0.15, 0.2) is 0 Å². The summed E-state index contributed by atoms with van der Waals surface area (Å²) in [6.45, 7) is 2.20. The summed E-state index contributed by atoms with van der Waals surface area (Å²) in [4.78, 5) is 11.4. The van der Waals surface area contributed by atoms with Gasteiger partial charge in [0.25, 0.3) is 0 Å². The van der Waals surface area contributed by atoms with Gasteiger partial charge in [0.05, 0.1) is 11.5 Å². The lowest BCUT2D eigenvalue weighted by atomic mass is 9.77. The number of carbonyl (C=O) groups excluding carboxylic acids is 1. The minimum atomic E-state index is -0.181. The zero-order valence-electron chi connectivity index (χ0n) is 10.4. The summed E-state index contributed by atoms with van der Waals surface area (Å²) in [5.41, 5.74) is -0.181. The van der Waals surface area contributed by atoms with E-state index in [4.69, 9.17) is 0 Å². The van der Waals surface area contributed by atoms with Gasteiger partial charge >= 0.3 is 0 Å². The van der Waals surface area contributed by atoms with E-state index in [2.05, 4.69) is 13.0 Å². The van der Waals surface area contributed by atoms with Crippen LogP contribution in [0.3, 0.4) is 0 Å². The van der Waals surface area contributed by atoms with Gasteiger partial charge in [0.2, 0.25) is 0 Å². The first kappa shape index (κ1) is 13.2. The third-order valence-corrected chi connectivity index (χ3v) is 3.74. The Kier molecular flexibility index (Phi) is 5.52. The second-order valence-corrected chi connectivity index (χ2v) is 5.10. The molecule has 1 rings (SSSR count). The normalized spacial score (nSPS) is 26.1. The van der Waals surface area contributed by atoms with Crippen LogP contribution in [0.1, 0.15) is 71.1 Å². The molecule has 2 nitrogen and oxygen atoms in total. The smallest absolute Gasteiger partial charge is 0.132 e. The summed E-state index contributed by atoms with van der Waals surface area (Å²) in [5, 5.41) is 9.35. The summed E-state index contributed by atoms with van der Waals surface area (Å²) >= 11 is 0. The third-order valence-electron chi connectivity index (χ3n) is 3.74. The van der Waals surface area contributed by atoms with Crippen LogP contribution in [0, 0.1) is 16.7 Å². The molecule has 0 aromatic heterocycles. The monoisotopic (exact) mass is 221 g/mol. The predicted octanol–water partition coefficient (Wildman–Crippen LogP) is 4.00. The highest BCUT2D eigenvalue weighted by Crippen LogP contribution is 2.38. The third kappa shape index (κ3) is 3.96. The fraction of sp³-hybridized carbons (Fsp3) is 0.857. The summed E-state index contributed by atoms with van der Waals surface area (Å²) < 4.78 is 0. The van der Waals surface area contributed by atoms with Gasteiger partial charge in [-0.15, -0.1) is 0 Å². The van der Waals surface area contributed by atoms with Gasteiger partial charge in [-0.05, 0) is 25.7 Å². The fourth-order valence-electron chi connectivity index (χ4n) is 2.56. The zero-order valence-corrected chi connectivity index (χ0v) is 10.4. The SMILES string of the molecule is CCCCCCC1(C#N)CCCC(=O)CC1. The van der Waals surface area contributed by atoms with Crippen LogP contribution < -0.4 is 0 Å². The molecule has 0 N–H and O–H groups in total. The highest BCUT2D eigenvalue weighted by atomic mass is 16.1. The molecule has 0 spiro atoms. The molecule has 0 aliphatic heterocycles. The lowest BCUT2D eigenvalue weighted by molar-refractivity contribution is -0.119. The zero-order chi connectivity index (χ0) is 11.9. The van der Waals surface area contributed by atoms with Gasteiger partial charge in [0, 0.05) is 12.8 Å². The summed E-state index contributed by atoms with van der Waals surface area (Å²) in [7, 11) is 0. The van der Waals surface area contributed by atoms with Crippen molar-refractivity contribution in [3.8, 4) is 6.07 Å². The second-order valence-electron chi connectivity index (χ2n) is 5.10. The quantitative estimate of drug-likeness (QED) is 0.520. The maximum atomic E-state index is 11.4. The van der Waals surface area contributed by atoms with Crippen LogP contribution in [0.15, 0.2) is 0 Å². The summed E-state index contributed by atoms with van der Waals surface area (Å²) in [6, 6.07) is 2.50. The van der Waals surface area contributed by atoms with Crippen molar-refractivity contribution in [1.29, 1.82) is 5.26 Å². The van der Waals surface area contributed by atoms with E-state index in [0.717, 1.165) is 32.1 Å². The Labute approximate surface area is 99.0 Å². The van der Waals surface area contributed by atoms with Crippen molar-refractivity contribution < 1.29 is 4.79 Å². The largest absolute Gasteiger partial charge is 0.300 e. The van der Waals surface area contributed by atoms with Crippen molar-refractivity contribution in [2.75, 3.05) is 0 Å². The van der Waals surface area contributed by atoms with E-state index in [9.17, 15) is 10.1 Å². The molecule has 0 radical (unpaired) electrons. The topological polar surface area (TPSA) is 40.9 Å². The lowest BCUT2D eigenvalue weighted by Crippen LogP contribution is -2.17. The number of nitrogens with zero attached hydrogens (tertiary/aromatic N) is 1. The van der Waals surface area contributed by atoms with Crippen molar-refractivity contribution in [3.63, 3.8) is 0 Å². The predicted molar refractivity (Wildman–Crippen MR) is 64.9 cm³/mol. The van der Waals surface area contributed by atoms with Crippen LogP contribution in [-0.2, 0) is 4.79 Å². The van der Waals surface area contributed by atoms with Gasteiger partial charge < -0.3 is 0 Å². The van der Waals surface area contributed by atoms with E-state index >= 15 is 0 Å². The molecule has 0 aromatic carbocycles. The van der Waals surface area contributed by atoms with Crippen molar-refractivity contribution in [2.24, 2.45) is 5.41 Å². The Bertz CT molecular complexity index is 266. The molecule has 1 saturated carbocycles. The number of hydrogen-bond donors (Lipinski definition) is 0. The minimum absolute atomic E-state index is 0.181. The molecule has 0 amide bonds. The van der Waals surface area contributed by atoms with Crippen LogP contribution in [0.5, 0.6) is 0 Å². The number of hydrogen-bond acceptors (Lipinski definition) is 2. The Morgan fingerprint density at radius 1 is 1.25 bits per heavy atom. The van der Waals surface area contributed by atoms with Gasteiger partial charge in [0.1, 0.15) is 5.78 Å². The number of Topliss-reactive ketones (excluding diaryl/α,β-unsaturated/α-hetero) is 1. The van der Waals surface area contributed by atoms with Crippen molar-refractivity contribution in [3.05, 3.63) is 0 Å². The molecule has 1 fully saturated rings. The second kappa shape index (κ2) is 6.68. The van der Waals surface area contributed by atoms with Gasteiger partial charge in [-0.25, -0.2) is 0 Å². The van der Waals surface area contributed by atoms with E-state index in [0.29, 0.717) is 18.6 Å². The molecule has 1 unspecified atom stereocenters. The maximum Gasteiger partial charge on any atom is 0.132 e. The van der Waals surface area contributed by atoms with E-state index < -0.39 is 0 Å². The van der Waals surface area contributed by atoms with Crippen molar-refractivity contribution in [1.82, 2.24) is 0 Å². The van der Waals surface area contributed by atoms with Gasteiger partial charge in [-0.3, -0.25) is 4.79 Å². The molecule has 16 heavy (non-hydrogen) atoms. The maximum absolute atomic E-state index is 11.4. The highest BCUT2D eigenvalue weighted by Gasteiger charge is 2.31. The molecule has 0 aromatic rings. The molecular weight excluding hydrogens is 198 g/mol. The number of nitriles is 1. The first-order valence-corrected chi connectivity index (χ1v) is 6.65. The molecule has 2 heteroatoms. The standard InChI is InChI=1S/C14H23NO/c1-2-3-4-5-9-14(12-15)10-6-7-13(16)8-11-14/h2-11H2,1H3. The van der Waals surface area contributed by atoms with Crippen LogP contribution in [0.4, 0.5) is 0 Å². The fourth-order valence-corrected chi connectivity index (χ4v) is 2.56. The lowest BCUT2D eigenvalue weighted by Gasteiger charge is -2.24. The average Bonchev–Trinajstić information content (AvgIpc) is 2.48. The van der Waals surface area contributed by atoms with Crippen LogP contribution >= 0.6 is 0 Å². The summed E-state index contributed by atoms with van der Waals surface area (Å²) in [6.07, 6.45) is 9.84. The molecular formula is C14H23NO. The molecule has 1 aliphatic rings. The number of unbranched alkanes of at least 4 members (excludes halogenated alkanes) is 3. The Morgan fingerprint density at radius 3 is 2.75 bits per heavy atom. The minimum Gasteiger partial charge on any atom is -0.300 e. The molecule has 90 valence electrons. The molecule has 0 saturated heterocycles. The van der Waals surface area contributed by atoms with E-state index in [-0.39, 0.29) is 5.41 Å². The van der Waals surface area contributed by atoms with Crippen LogP contribution in [-0.4, -0.2) is 5.78 Å². The summed E-state index contributed by atoms with van der Waals surface area (Å²) in [5.74, 6) is 0.352. The van der Waals surface area contributed by atoms with Crippen LogP contribution in [0.2, 0.25) is 0 Å². The van der Waals surface area contributed by atoms with Gasteiger partial charge in [-0.1, -0.05) is 32.6 Å². The van der Waals surface area contributed by atoms with E-state index in [1.54, 1.807) is 0 Å². The Morgan fingerprint density at radius 2 is 2.06 bits per heavy atom. The molecule has 1 atom stereocenters. The highest BCUT2D eigenvalue weighted by molar-refractivity contribution is 5.78. The number of carbonyl (C=O) groups is 1. The molecule has 0 heterocycles. The molecule has 1 aliphatic carbocycles. The van der Waals surface area contributed by atoms with Gasteiger partial charge in [-0.2, -0.15) is 5.26 Å². The molecule has 0 bridgehead atoms. The average molecular weight is 221 g/mol. The van der Waals surface area contributed by atoms with Crippen LogP contribution in [0.25, 0.3) is 0 Å². The van der Waals surface area contributed by atoms with E-state index in [1.165, 1.54) is 19.3 Å². The van der Waals surface area contributed by atoms with E-state index in [1.807, 2.05) is 0 Å². The van der Waals surface area contributed by atoms with Crippen molar-refractivity contribution in [2.45, 2.75) is 71.1 Å². The first-order chi connectivity index (χ1) is 7.72. The number of rotatable bonds is 5. The first-order valence-electron chi connectivity index (χ1n) is 6.65. The van der Waals surface area contributed by atoms with Crippen molar-refractivity contribution >= 4 is 5.78 Å². The Balaban J connectivity index is 2.43.